The zero-order valence-corrected chi connectivity index (χ0v) is 18.1. The minimum Gasteiger partial charge on any atom is -0.378 e. The summed E-state index contributed by atoms with van der Waals surface area (Å²) in [5, 5.41) is 13.9. The minimum absolute atomic E-state index is 0.0193. The summed E-state index contributed by atoms with van der Waals surface area (Å²) in [5.41, 5.74) is 6.97. The molecule has 2 aliphatic rings. The molecular weight excluding hydrogens is 386 g/mol. The fraction of sp³-hybridized carbons (Fsp3) is 0.400. The molecule has 0 saturated carbocycles. The lowest BCUT2D eigenvalue weighted by Gasteiger charge is -2.31. The number of morpholine rings is 1. The molecular formula is C25H27N5O. The summed E-state index contributed by atoms with van der Waals surface area (Å²) in [6, 6.07) is 12.3. The largest absolute Gasteiger partial charge is 0.378 e. The number of aryl methyl sites for hydroxylation is 2. The molecule has 1 aliphatic heterocycles. The molecule has 1 N–H and O–H groups in total. The van der Waals surface area contributed by atoms with E-state index in [1.165, 1.54) is 23.2 Å². The van der Waals surface area contributed by atoms with Crippen LogP contribution in [0, 0.1) is 18.3 Å². The number of nitriles is 1. The Hall–Kier alpha value is -3.17. The van der Waals surface area contributed by atoms with Gasteiger partial charge in [-0.1, -0.05) is 12.1 Å². The zero-order valence-electron chi connectivity index (χ0n) is 18.1. The molecule has 31 heavy (non-hydrogen) atoms. The van der Waals surface area contributed by atoms with E-state index < -0.39 is 0 Å². The molecule has 2 aromatic carbocycles. The van der Waals surface area contributed by atoms with Gasteiger partial charge in [0.1, 0.15) is 11.6 Å². The average Bonchev–Trinajstić information content (AvgIpc) is 3.29. The van der Waals surface area contributed by atoms with Gasteiger partial charge in [0.25, 0.3) is 0 Å². The maximum atomic E-state index is 9.25. The van der Waals surface area contributed by atoms with E-state index in [1.807, 2.05) is 31.2 Å². The maximum Gasteiger partial charge on any atom is 0.138 e. The van der Waals surface area contributed by atoms with Gasteiger partial charge in [-0.3, -0.25) is 0 Å². The van der Waals surface area contributed by atoms with Crippen molar-refractivity contribution in [3.63, 3.8) is 0 Å². The van der Waals surface area contributed by atoms with Crippen LogP contribution in [0.1, 0.15) is 47.5 Å². The summed E-state index contributed by atoms with van der Waals surface area (Å²) < 4.78 is 5.59. The molecule has 6 heteroatoms. The monoisotopic (exact) mass is 413 g/mol. The van der Waals surface area contributed by atoms with Gasteiger partial charge in [-0.2, -0.15) is 5.26 Å². The van der Waals surface area contributed by atoms with Crippen LogP contribution in [0.3, 0.4) is 0 Å². The highest BCUT2D eigenvalue weighted by Crippen LogP contribution is 2.39. The lowest BCUT2D eigenvalue weighted by atomic mass is 10.0. The van der Waals surface area contributed by atoms with Gasteiger partial charge in [0.15, 0.2) is 0 Å². The van der Waals surface area contributed by atoms with Gasteiger partial charge in [-0.15, -0.1) is 0 Å². The minimum atomic E-state index is 0.0193. The average molecular weight is 414 g/mol. The van der Waals surface area contributed by atoms with E-state index in [4.69, 9.17) is 14.7 Å². The van der Waals surface area contributed by atoms with Crippen molar-refractivity contribution in [1.82, 2.24) is 9.97 Å². The predicted molar refractivity (Wildman–Crippen MR) is 123 cm³/mol. The first-order chi connectivity index (χ1) is 15.1. The number of hydrogen-bond acceptors (Lipinski definition) is 6. The van der Waals surface area contributed by atoms with Crippen molar-refractivity contribution in [2.45, 2.75) is 39.2 Å². The Morgan fingerprint density at radius 1 is 1.13 bits per heavy atom. The molecule has 1 saturated heterocycles. The fourth-order valence-electron chi connectivity index (χ4n) is 4.82. The van der Waals surface area contributed by atoms with E-state index in [0.717, 1.165) is 67.3 Å². The van der Waals surface area contributed by atoms with E-state index in [2.05, 4.69) is 29.3 Å². The summed E-state index contributed by atoms with van der Waals surface area (Å²) >= 11 is 0. The Morgan fingerprint density at radius 2 is 1.94 bits per heavy atom. The quantitative estimate of drug-likeness (QED) is 0.687. The van der Waals surface area contributed by atoms with Gasteiger partial charge in [0, 0.05) is 24.2 Å². The standard InChI is InChI=1S/C25H27N5O/c1-16(19-6-3-5-18(13-19)15-26)27-25-22-14-23(30-9-11-31-12-10-30)20-7-4-8-21(20)24(22)28-17(2)29-25/h3,5-6,13-14,16H,4,7-12H2,1-2H3,(H,27,28,29)/t16-/m1/s1. The SMILES string of the molecule is Cc1nc(N[C@H](C)c2cccc(C#N)c2)c2cc(N3CCOCC3)c3c(c2n1)CCC3. The second kappa shape index (κ2) is 8.16. The lowest BCUT2D eigenvalue weighted by Crippen LogP contribution is -2.36. The molecule has 1 aromatic heterocycles. The van der Waals surface area contributed by atoms with E-state index in [1.54, 1.807) is 0 Å². The Bertz CT molecular complexity index is 1180. The van der Waals surface area contributed by atoms with Gasteiger partial charge < -0.3 is 15.0 Å². The van der Waals surface area contributed by atoms with Crippen molar-refractivity contribution in [3.8, 4) is 6.07 Å². The predicted octanol–water partition coefficient (Wildman–Crippen LogP) is 4.31. The summed E-state index contributed by atoms with van der Waals surface area (Å²) in [7, 11) is 0. The maximum absolute atomic E-state index is 9.25. The number of nitrogens with one attached hydrogen (secondary N) is 1. The molecule has 0 spiro atoms. The van der Waals surface area contributed by atoms with Crippen LogP contribution in [0.5, 0.6) is 0 Å². The number of hydrogen-bond donors (Lipinski definition) is 1. The normalized spacial score (nSPS) is 16.7. The Morgan fingerprint density at radius 3 is 2.74 bits per heavy atom. The molecule has 0 amide bonds. The number of nitrogens with zero attached hydrogens (tertiary/aromatic N) is 4. The van der Waals surface area contributed by atoms with Crippen molar-refractivity contribution in [3.05, 3.63) is 58.4 Å². The van der Waals surface area contributed by atoms with Crippen LogP contribution in [0.15, 0.2) is 30.3 Å². The molecule has 0 bridgehead atoms. The highest BCUT2D eigenvalue weighted by atomic mass is 16.5. The van der Waals surface area contributed by atoms with Crippen molar-refractivity contribution < 1.29 is 4.74 Å². The Labute approximate surface area is 182 Å². The second-order valence-corrected chi connectivity index (χ2v) is 8.42. The fourth-order valence-corrected chi connectivity index (χ4v) is 4.82. The van der Waals surface area contributed by atoms with Crippen LogP contribution < -0.4 is 10.2 Å². The molecule has 3 aromatic rings. The third kappa shape index (κ3) is 3.70. The van der Waals surface area contributed by atoms with Crippen LogP contribution in [0.25, 0.3) is 10.9 Å². The first-order valence-electron chi connectivity index (χ1n) is 11.1. The molecule has 6 nitrogen and oxygen atoms in total. The van der Waals surface area contributed by atoms with Crippen LogP contribution in [0.2, 0.25) is 0 Å². The molecule has 0 radical (unpaired) electrons. The topological polar surface area (TPSA) is 74.1 Å². The summed E-state index contributed by atoms with van der Waals surface area (Å²) in [4.78, 5) is 12.1. The van der Waals surface area contributed by atoms with Gasteiger partial charge in [-0.25, -0.2) is 9.97 Å². The molecule has 1 aliphatic carbocycles. The van der Waals surface area contributed by atoms with Crippen molar-refractivity contribution in [1.29, 1.82) is 5.26 Å². The number of aromatic nitrogens is 2. The van der Waals surface area contributed by atoms with E-state index in [-0.39, 0.29) is 6.04 Å². The highest BCUT2D eigenvalue weighted by Gasteiger charge is 2.25. The van der Waals surface area contributed by atoms with Crippen molar-refractivity contribution >= 4 is 22.4 Å². The Kier molecular flexibility index (Phi) is 5.21. The van der Waals surface area contributed by atoms with Crippen molar-refractivity contribution in [2.75, 3.05) is 36.5 Å². The van der Waals surface area contributed by atoms with Crippen LogP contribution >= 0.6 is 0 Å². The van der Waals surface area contributed by atoms with E-state index in [0.29, 0.717) is 5.56 Å². The lowest BCUT2D eigenvalue weighted by molar-refractivity contribution is 0.122. The molecule has 2 heterocycles. The first kappa shape index (κ1) is 19.8. The van der Waals surface area contributed by atoms with Gasteiger partial charge in [0.2, 0.25) is 0 Å². The number of anilines is 2. The number of fused-ring (bicyclic) bond motifs is 3. The first-order valence-corrected chi connectivity index (χ1v) is 11.1. The number of rotatable bonds is 4. The van der Waals surface area contributed by atoms with Crippen LogP contribution in [-0.2, 0) is 17.6 Å². The third-order valence-electron chi connectivity index (χ3n) is 6.37. The molecule has 1 fully saturated rings. The third-order valence-corrected chi connectivity index (χ3v) is 6.37. The van der Waals surface area contributed by atoms with E-state index in [9.17, 15) is 5.26 Å². The summed E-state index contributed by atoms with van der Waals surface area (Å²) in [6.07, 6.45) is 3.36. The van der Waals surface area contributed by atoms with Gasteiger partial charge in [0.05, 0.1) is 36.4 Å². The highest BCUT2D eigenvalue weighted by molar-refractivity contribution is 5.96. The van der Waals surface area contributed by atoms with Gasteiger partial charge in [-0.05, 0) is 68.0 Å². The van der Waals surface area contributed by atoms with Crippen molar-refractivity contribution in [2.24, 2.45) is 0 Å². The molecule has 158 valence electrons. The second-order valence-electron chi connectivity index (χ2n) is 8.42. The molecule has 5 rings (SSSR count). The Balaban J connectivity index is 1.60. The summed E-state index contributed by atoms with van der Waals surface area (Å²) in [6.45, 7) is 7.46. The zero-order chi connectivity index (χ0) is 21.4. The van der Waals surface area contributed by atoms with Gasteiger partial charge >= 0.3 is 0 Å². The molecule has 1 atom stereocenters. The van der Waals surface area contributed by atoms with Crippen LogP contribution in [0.4, 0.5) is 11.5 Å². The summed E-state index contributed by atoms with van der Waals surface area (Å²) in [5.74, 6) is 1.64. The molecule has 0 unspecified atom stereocenters. The smallest absolute Gasteiger partial charge is 0.138 e. The van der Waals surface area contributed by atoms with E-state index >= 15 is 0 Å². The number of ether oxygens (including phenoxy) is 1. The van der Waals surface area contributed by atoms with Crippen LogP contribution in [-0.4, -0.2) is 36.3 Å². The number of benzene rings is 2.